The molecule has 1 atom stereocenters. The van der Waals surface area contributed by atoms with E-state index in [1.165, 1.54) is 13.2 Å². The minimum atomic E-state index is -0.371. The molecule has 0 saturated carbocycles. The van der Waals surface area contributed by atoms with Crippen LogP contribution in [0.15, 0.2) is 18.2 Å². The lowest BCUT2D eigenvalue weighted by Crippen LogP contribution is -2.20. The number of carbonyl (C=O) groups is 1. The van der Waals surface area contributed by atoms with E-state index < -0.39 is 0 Å². The van der Waals surface area contributed by atoms with E-state index in [-0.39, 0.29) is 23.4 Å². The second kappa shape index (κ2) is 6.50. The molecule has 1 unspecified atom stereocenters. The fourth-order valence-electron chi connectivity index (χ4n) is 1.95. The van der Waals surface area contributed by atoms with Crippen LogP contribution in [0, 0.1) is 5.82 Å². The molecule has 0 spiro atoms. The van der Waals surface area contributed by atoms with Crippen LogP contribution in [-0.2, 0) is 4.79 Å². The maximum absolute atomic E-state index is 13.7. The van der Waals surface area contributed by atoms with Crippen molar-refractivity contribution in [3.8, 4) is 5.75 Å². The normalized spacial score (nSPS) is 12.6. The molecule has 0 N–H and O–H groups in total. The molecule has 0 heterocycles. The molecule has 1 rings (SSSR count). The lowest BCUT2D eigenvalue weighted by Gasteiger charge is -2.24. The van der Waals surface area contributed by atoms with Crippen molar-refractivity contribution >= 4 is 5.78 Å². The van der Waals surface area contributed by atoms with E-state index in [2.05, 4.69) is 0 Å². The molecular weight excluding hydrogens is 233 g/mol. The maximum Gasteiger partial charge on any atom is 0.165 e. The van der Waals surface area contributed by atoms with E-state index in [1.54, 1.807) is 13.0 Å². The molecule has 1 aromatic rings. The molecule has 0 fully saturated rings. The van der Waals surface area contributed by atoms with Gasteiger partial charge in [-0.15, -0.1) is 0 Å². The van der Waals surface area contributed by atoms with Crippen LogP contribution < -0.4 is 4.74 Å². The fourth-order valence-corrected chi connectivity index (χ4v) is 1.95. The first-order valence-electron chi connectivity index (χ1n) is 5.95. The number of Topliss-reactive ketones (excluding diaryl/α,β-unsaturated/α-hetero) is 1. The number of halogens is 1. The molecule has 0 amide bonds. The summed E-state index contributed by atoms with van der Waals surface area (Å²) in [6.45, 7) is 1.57. The summed E-state index contributed by atoms with van der Waals surface area (Å²) in [5.74, 6) is 0.0170. The third-order valence-corrected chi connectivity index (χ3v) is 2.95. The van der Waals surface area contributed by atoms with Gasteiger partial charge in [-0.25, -0.2) is 4.39 Å². The maximum atomic E-state index is 13.7. The number of hydrogen-bond donors (Lipinski definition) is 0. The Labute approximate surface area is 108 Å². The summed E-state index contributed by atoms with van der Waals surface area (Å²) in [4.78, 5) is 13.0. The summed E-state index contributed by atoms with van der Waals surface area (Å²) in [7, 11) is 5.29. The Balaban J connectivity index is 2.92. The number of benzene rings is 1. The topological polar surface area (TPSA) is 29.5 Å². The third-order valence-electron chi connectivity index (χ3n) is 2.95. The SMILES string of the molecule is COc1ccc(C(CCC(C)=O)N(C)C)cc1F. The van der Waals surface area contributed by atoms with Crippen LogP contribution in [0.25, 0.3) is 0 Å². The molecule has 0 saturated heterocycles. The van der Waals surface area contributed by atoms with Gasteiger partial charge in [0.2, 0.25) is 0 Å². The third kappa shape index (κ3) is 3.81. The van der Waals surface area contributed by atoms with Crippen LogP contribution in [-0.4, -0.2) is 31.9 Å². The van der Waals surface area contributed by atoms with Crippen molar-refractivity contribution < 1.29 is 13.9 Å². The smallest absolute Gasteiger partial charge is 0.165 e. The average Bonchev–Trinajstić information content (AvgIpc) is 2.28. The van der Waals surface area contributed by atoms with Gasteiger partial charge in [-0.1, -0.05) is 6.07 Å². The number of carbonyl (C=O) groups excluding carboxylic acids is 1. The first-order chi connectivity index (χ1) is 8.45. The van der Waals surface area contributed by atoms with E-state index >= 15 is 0 Å². The van der Waals surface area contributed by atoms with Crippen molar-refractivity contribution in [2.24, 2.45) is 0 Å². The highest BCUT2D eigenvalue weighted by Crippen LogP contribution is 2.27. The zero-order valence-corrected chi connectivity index (χ0v) is 11.4. The largest absolute Gasteiger partial charge is 0.494 e. The minimum absolute atomic E-state index is 0.0364. The quantitative estimate of drug-likeness (QED) is 0.780. The van der Waals surface area contributed by atoms with Crippen LogP contribution in [0.2, 0.25) is 0 Å². The zero-order valence-electron chi connectivity index (χ0n) is 11.4. The summed E-state index contributed by atoms with van der Waals surface area (Å²) in [6, 6.07) is 4.97. The van der Waals surface area contributed by atoms with E-state index in [0.29, 0.717) is 12.8 Å². The van der Waals surface area contributed by atoms with Crippen LogP contribution >= 0.6 is 0 Å². The summed E-state index contributed by atoms with van der Waals surface area (Å²) in [5.41, 5.74) is 0.861. The first-order valence-corrected chi connectivity index (χ1v) is 5.95. The van der Waals surface area contributed by atoms with Crippen molar-refractivity contribution in [2.75, 3.05) is 21.2 Å². The molecule has 0 bridgehead atoms. The van der Waals surface area contributed by atoms with E-state index in [0.717, 1.165) is 5.56 Å². The van der Waals surface area contributed by atoms with Crippen LogP contribution in [0.5, 0.6) is 5.75 Å². The van der Waals surface area contributed by atoms with Gasteiger partial charge >= 0.3 is 0 Å². The Bertz CT molecular complexity index is 418. The zero-order chi connectivity index (χ0) is 13.7. The van der Waals surface area contributed by atoms with Crippen molar-refractivity contribution in [3.63, 3.8) is 0 Å². The standard InChI is InChI=1S/C14H20FNO2/c1-10(17)5-7-13(16(2)3)11-6-8-14(18-4)12(15)9-11/h6,8-9,13H,5,7H2,1-4H3. The lowest BCUT2D eigenvalue weighted by molar-refractivity contribution is -0.117. The first kappa shape index (κ1) is 14.6. The molecule has 100 valence electrons. The fraction of sp³-hybridized carbons (Fsp3) is 0.500. The van der Waals surface area contributed by atoms with Crippen LogP contribution in [0.1, 0.15) is 31.4 Å². The summed E-state index contributed by atoms with van der Waals surface area (Å²) in [5, 5.41) is 0. The number of rotatable bonds is 6. The number of hydrogen-bond acceptors (Lipinski definition) is 3. The molecule has 0 aliphatic rings. The van der Waals surface area contributed by atoms with Gasteiger partial charge in [0.15, 0.2) is 11.6 Å². The molecule has 1 aromatic carbocycles. The van der Waals surface area contributed by atoms with Gasteiger partial charge in [-0.05, 0) is 45.1 Å². The Morgan fingerprint density at radius 1 is 1.44 bits per heavy atom. The van der Waals surface area contributed by atoms with Crippen molar-refractivity contribution in [3.05, 3.63) is 29.6 Å². The Morgan fingerprint density at radius 2 is 2.11 bits per heavy atom. The molecule has 0 aliphatic heterocycles. The van der Waals surface area contributed by atoms with Crippen molar-refractivity contribution in [1.82, 2.24) is 4.90 Å². The highest BCUT2D eigenvalue weighted by Gasteiger charge is 2.16. The number of ketones is 1. The Morgan fingerprint density at radius 3 is 2.56 bits per heavy atom. The highest BCUT2D eigenvalue weighted by molar-refractivity contribution is 5.75. The molecule has 3 nitrogen and oxygen atoms in total. The van der Waals surface area contributed by atoms with Crippen LogP contribution in [0.4, 0.5) is 4.39 Å². The van der Waals surface area contributed by atoms with Gasteiger partial charge in [-0.2, -0.15) is 0 Å². The lowest BCUT2D eigenvalue weighted by atomic mass is 9.99. The van der Waals surface area contributed by atoms with Gasteiger partial charge in [0.1, 0.15) is 5.78 Å². The number of methoxy groups -OCH3 is 1. The van der Waals surface area contributed by atoms with Crippen LogP contribution in [0.3, 0.4) is 0 Å². The second-order valence-electron chi connectivity index (χ2n) is 4.61. The molecule has 4 heteroatoms. The minimum Gasteiger partial charge on any atom is -0.494 e. The second-order valence-corrected chi connectivity index (χ2v) is 4.61. The molecule has 0 aromatic heterocycles. The molecule has 18 heavy (non-hydrogen) atoms. The van der Waals surface area contributed by atoms with Gasteiger partial charge in [0, 0.05) is 12.5 Å². The summed E-state index contributed by atoms with van der Waals surface area (Å²) in [6.07, 6.45) is 1.19. The number of nitrogens with zero attached hydrogens (tertiary/aromatic N) is 1. The predicted octanol–water partition coefficient (Wildman–Crippen LogP) is 2.81. The number of ether oxygens (including phenoxy) is 1. The summed E-state index contributed by atoms with van der Waals surface area (Å²) < 4.78 is 18.6. The van der Waals surface area contributed by atoms with Crippen molar-refractivity contribution in [1.29, 1.82) is 0 Å². The Kier molecular flexibility index (Phi) is 5.28. The van der Waals surface area contributed by atoms with Gasteiger partial charge in [-0.3, -0.25) is 0 Å². The summed E-state index contributed by atoms with van der Waals surface area (Å²) >= 11 is 0. The van der Waals surface area contributed by atoms with Gasteiger partial charge in [0.05, 0.1) is 7.11 Å². The van der Waals surface area contributed by atoms with E-state index in [9.17, 15) is 9.18 Å². The average molecular weight is 253 g/mol. The molecule has 0 aliphatic carbocycles. The Hall–Kier alpha value is -1.42. The molecular formula is C14H20FNO2. The molecule has 0 radical (unpaired) electrons. The van der Waals surface area contributed by atoms with E-state index in [1.807, 2.05) is 25.1 Å². The monoisotopic (exact) mass is 253 g/mol. The predicted molar refractivity (Wildman–Crippen MR) is 69.3 cm³/mol. The van der Waals surface area contributed by atoms with Gasteiger partial charge in [0.25, 0.3) is 0 Å². The van der Waals surface area contributed by atoms with Crippen molar-refractivity contribution in [2.45, 2.75) is 25.8 Å². The highest BCUT2D eigenvalue weighted by atomic mass is 19.1. The van der Waals surface area contributed by atoms with E-state index in [4.69, 9.17) is 4.74 Å². The van der Waals surface area contributed by atoms with Gasteiger partial charge < -0.3 is 14.4 Å².